The molecule has 1 rings (SSSR count). The molecule has 0 aliphatic carbocycles. The van der Waals surface area contributed by atoms with Crippen LogP contribution in [0.15, 0.2) is 21.7 Å². The number of hydrogen-bond donors (Lipinski definition) is 2. The molecule has 0 spiro atoms. The third kappa shape index (κ3) is 4.30. The maximum absolute atomic E-state index is 11.9. The van der Waals surface area contributed by atoms with Gasteiger partial charge in [-0.2, -0.15) is 4.72 Å². The highest BCUT2D eigenvalue weighted by atomic mass is 32.2. The summed E-state index contributed by atoms with van der Waals surface area (Å²) in [7, 11) is -2.45. The Morgan fingerprint density at radius 2 is 2.16 bits per heavy atom. The third-order valence-electron chi connectivity index (χ3n) is 2.21. The van der Waals surface area contributed by atoms with Gasteiger partial charge < -0.3 is 10.0 Å². The van der Waals surface area contributed by atoms with Crippen molar-refractivity contribution in [2.45, 2.75) is 17.2 Å². The molecule has 1 aromatic rings. The van der Waals surface area contributed by atoms with E-state index in [1.54, 1.807) is 11.4 Å². The van der Waals surface area contributed by atoms with E-state index in [0.29, 0.717) is 0 Å². The lowest BCUT2D eigenvalue weighted by molar-refractivity contribution is -0.143. The molecule has 2 N–H and O–H groups in total. The predicted molar refractivity (Wildman–Crippen MR) is 69.4 cm³/mol. The molecule has 0 saturated heterocycles. The van der Waals surface area contributed by atoms with Crippen molar-refractivity contribution in [3.05, 3.63) is 17.5 Å². The van der Waals surface area contributed by atoms with Gasteiger partial charge in [0.05, 0.1) is 6.04 Å². The number of nitrogens with one attached hydrogen (secondary N) is 1. The van der Waals surface area contributed by atoms with Gasteiger partial charge in [0.15, 0.2) is 0 Å². The Hall–Kier alpha value is -1.45. The van der Waals surface area contributed by atoms with Crippen LogP contribution in [0.25, 0.3) is 0 Å². The van der Waals surface area contributed by atoms with Crippen molar-refractivity contribution in [1.82, 2.24) is 9.62 Å². The van der Waals surface area contributed by atoms with Gasteiger partial charge in [0, 0.05) is 7.05 Å². The Morgan fingerprint density at radius 1 is 1.53 bits per heavy atom. The number of thiophene rings is 1. The molecule has 1 unspecified atom stereocenters. The van der Waals surface area contributed by atoms with Crippen LogP contribution < -0.4 is 4.72 Å². The van der Waals surface area contributed by atoms with Gasteiger partial charge in [-0.1, -0.05) is 6.07 Å². The van der Waals surface area contributed by atoms with Crippen molar-refractivity contribution in [1.29, 1.82) is 0 Å². The van der Waals surface area contributed by atoms with Crippen LogP contribution in [0.2, 0.25) is 0 Å². The zero-order valence-corrected chi connectivity index (χ0v) is 12.0. The molecule has 19 heavy (non-hydrogen) atoms. The van der Waals surface area contributed by atoms with E-state index >= 15 is 0 Å². The monoisotopic (exact) mass is 306 g/mol. The predicted octanol–water partition coefficient (Wildman–Crippen LogP) is -0.0421. The molecule has 0 bridgehead atoms. The van der Waals surface area contributed by atoms with Gasteiger partial charge in [0.25, 0.3) is 10.0 Å². The number of sulfonamides is 1. The summed E-state index contributed by atoms with van der Waals surface area (Å²) in [6.45, 7) is 0.885. The first-order valence-corrected chi connectivity index (χ1v) is 7.63. The van der Waals surface area contributed by atoms with Crippen molar-refractivity contribution < 1.29 is 23.1 Å². The minimum atomic E-state index is -3.75. The van der Waals surface area contributed by atoms with E-state index in [2.05, 4.69) is 4.72 Å². The molecule has 7 nitrogen and oxygen atoms in total. The molecule has 9 heteroatoms. The molecule has 0 aromatic carbocycles. The van der Waals surface area contributed by atoms with Crippen LogP contribution in [0.5, 0.6) is 0 Å². The van der Waals surface area contributed by atoms with E-state index in [9.17, 15) is 18.0 Å². The highest BCUT2D eigenvalue weighted by molar-refractivity contribution is 7.91. The van der Waals surface area contributed by atoms with Crippen LogP contribution in [0.4, 0.5) is 0 Å². The maximum atomic E-state index is 11.9. The van der Waals surface area contributed by atoms with Gasteiger partial charge in [-0.05, 0) is 18.4 Å². The normalized spacial score (nSPS) is 12.9. The van der Waals surface area contributed by atoms with E-state index in [1.165, 1.54) is 20.0 Å². The minimum Gasteiger partial charge on any atom is -0.480 e. The van der Waals surface area contributed by atoms with Crippen LogP contribution in [-0.2, 0) is 19.6 Å². The molecule has 0 radical (unpaired) electrons. The smallest absolute Gasteiger partial charge is 0.323 e. The Bertz CT molecular complexity index is 552. The average Bonchev–Trinajstić information content (AvgIpc) is 2.80. The van der Waals surface area contributed by atoms with E-state index < -0.39 is 34.5 Å². The number of carbonyl (C=O) groups is 2. The van der Waals surface area contributed by atoms with Crippen molar-refractivity contribution in [2.75, 3.05) is 13.6 Å². The Balaban J connectivity index is 2.72. The molecule has 1 atom stereocenters. The van der Waals surface area contributed by atoms with E-state index in [0.717, 1.165) is 16.2 Å². The van der Waals surface area contributed by atoms with E-state index in [-0.39, 0.29) is 4.21 Å². The van der Waals surface area contributed by atoms with E-state index in [1.807, 2.05) is 0 Å². The molecule has 1 aromatic heterocycles. The summed E-state index contributed by atoms with van der Waals surface area (Å²) in [5.41, 5.74) is 0. The summed E-state index contributed by atoms with van der Waals surface area (Å²) in [5, 5.41) is 10.2. The summed E-state index contributed by atoms with van der Waals surface area (Å²) in [5.74, 6) is -1.77. The van der Waals surface area contributed by atoms with Gasteiger partial charge in [0.1, 0.15) is 10.8 Å². The van der Waals surface area contributed by atoms with E-state index in [4.69, 9.17) is 5.11 Å². The quantitative estimate of drug-likeness (QED) is 0.767. The Kier molecular flexibility index (Phi) is 5.04. The van der Waals surface area contributed by atoms with Crippen LogP contribution >= 0.6 is 11.3 Å². The SMILES string of the molecule is CC(NS(=O)(=O)c1cccs1)C(=O)N(C)CC(=O)O. The molecule has 0 fully saturated rings. The molecular weight excluding hydrogens is 292 g/mol. The van der Waals surface area contributed by atoms with Crippen LogP contribution in [0.1, 0.15) is 6.92 Å². The number of aliphatic carboxylic acids is 1. The summed E-state index contributed by atoms with van der Waals surface area (Å²) in [6, 6.07) is 1.98. The molecule has 1 heterocycles. The first-order valence-electron chi connectivity index (χ1n) is 5.26. The topological polar surface area (TPSA) is 104 Å². The highest BCUT2D eigenvalue weighted by Crippen LogP contribution is 2.15. The number of likely N-dealkylation sites (N-methyl/N-ethyl adjacent to an activating group) is 1. The summed E-state index contributed by atoms with van der Waals surface area (Å²) >= 11 is 1.03. The van der Waals surface area contributed by atoms with Gasteiger partial charge in [-0.3, -0.25) is 9.59 Å². The number of rotatable bonds is 6. The fraction of sp³-hybridized carbons (Fsp3) is 0.400. The van der Waals surface area contributed by atoms with Gasteiger partial charge in [-0.25, -0.2) is 8.42 Å². The number of hydrogen-bond acceptors (Lipinski definition) is 5. The fourth-order valence-corrected chi connectivity index (χ4v) is 3.58. The van der Waals surface area contributed by atoms with Crippen molar-refractivity contribution in [2.24, 2.45) is 0 Å². The zero-order chi connectivity index (χ0) is 14.6. The first kappa shape index (κ1) is 15.6. The highest BCUT2D eigenvalue weighted by Gasteiger charge is 2.25. The lowest BCUT2D eigenvalue weighted by Crippen LogP contribution is -2.46. The molecule has 1 amide bonds. The van der Waals surface area contributed by atoms with Crippen molar-refractivity contribution >= 4 is 33.2 Å². The lowest BCUT2D eigenvalue weighted by atomic mass is 10.3. The number of nitrogens with zero attached hydrogens (tertiary/aromatic N) is 1. The number of carbonyl (C=O) groups excluding carboxylic acids is 1. The van der Waals surface area contributed by atoms with Crippen molar-refractivity contribution in [3.8, 4) is 0 Å². The number of amides is 1. The first-order chi connectivity index (χ1) is 8.74. The third-order valence-corrected chi connectivity index (χ3v) is 5.15. The average molecular weight is 306 g/mol. The minimum absolute atomic E-state index is 0.105. The largest absolute Gasteiger partial charge is 0.480 e. The second kappa shape index (κ2) is 6.13. The Morgan fingerprint density at radius 3 is 2.63 bits per heavy atom. The summed E-state index contributed by atoms with van der Waals surface area (Å²) < 4.78 is 26.0. The fourth-order valence-electron chi connectivity index (χ4n) is 1.37. The second-order valence-electron chi connectivity index (χ2n) is 3.86. The van der Waals surface area contributed by atoms with Crippen LogP contribution in [0, 0.1) is 0 Å². The van der Waals surface area contributed by atoms with Gasteiger partial charge in [-0.15, -0.1) is 11.3 Å². The molecule has 0 saturated carbocycles. The van der Waals surface area contributed by atoms with Gasteiger partial charge >= 0.3 is 5.97 Å². The summed E-state index contributed by atoms with van der Waals surface area (Å²) in [4.78, 5) is 23.2. The standard InChI is InChI=1S/C10H14N2O5S2/c1-7(10(15)12(2)6-8(13)14)11-19(16,17)9-4-3-5-18-9/h3-5,7,11H,6H2,1-2H3,(H,13,14). The molecular formula is C10H14N2O5S2. The summed E-state index contributed by atoms with van der Waals surface area (Å²) in [6.07, 6.45) is 0. The zero-order valence-electron chi connectivity index (χ0n) is 10.4. The second-order valence-corrected chi connectivity index (χ2v) is 6.75. The molecule has 0 aliphatic rings. The van der Waals surface area contributed by atoms with Gasteiger partial charge in [0.2, 0.25) is 5.91 Å². The van der Waals surface area contributed by atoms with Crippen LogP contribution in [-0.4, -0.2) is 49.9 Å². The van der Waals surface area contributed by atoms with Crippen LogP contribution in [0.3, 0.4) is 0 Å². The Labute approximate surface area is 114 Å². The molecule has 106 valence electrons. The number of carboxylic acid groups (broad SMARTS) is 1. The lowest BCUT2D eigenvalue weighted by Gasteiger charge is -2.20. The van der Waals surface area contributed by atoms with Crippen molar-refractivity contribution in [3.63, 3.8) is 0 Å². The molecule has 0 aliphatic heterocycles. The number of carboxylic acids is 1. The maximum Gasteiger partial charge on any atom is 0.323 e.